The quantitative estimate of drug-likeness (QED) is 0.185. The van der Waals surface area contributed by atoms with Crippen LogP contribution in [0.4, 0.5) is 17.1 Å². The Morgan fingerprint density at radius 3 is 1.66 bits per heavy atom. The van der Waals surface area contributed by atoms with E-state index in [0.717, 1.165) is 33.9 Å². The molecule has 0 fully saturated rings. The summed E-state index contributed by atoms with van der Waals surface area (Å²) in [7, 11) is 0. The molecular weight excluding hydrogens is 571 g/mol. The zero-order valence-corrected chi connectivity index (χ0v) is 25.4. The van der Waals surface area contributed by atoms with Gasteiger partial charge in [0.2, 0.25) is 0 Å². The van der Waals surface area contributed by atoms with Crippen LogP contribution in [0, 0.1) is 11.3 Å². The van der Waals surface area contributed by atoms with Crippen LogP contribution in [0.25, 0.3) is 65.5 Å². The van der Waals surface area contributed by atoms with E-state index >= 15 is 0 Å². The summed E-state index contributed by atoms with van der Waals surface area (Å²) in [4.78, 5) is 6.86. The minimum absolute atomic E-state index is 0.643. The summed E-state index contributed by atoms with van der Waals surface area (Å²) < 4.78 is 0. The number of aromatic nitrogens is 1. The van der Waals surface area contributed by atoms with Crippen molar-refractivity contribution in [3.05, 3.63) is 169 Å². The van der Waals surface area contributed by atoms with Gasteiger partial charge in [-0.25, -0.2) is 0 Å². The Kier molecular flexibility index (Phi) is 6.19. The molecule has 0 aliphatic heterocycles. The molecule has 9 aromatic rings. The number of benzene rings is 8. The molecule has 1 aromatic heterocycles. The Morgan fingerprint density at radius 1 is 0.468 bits per heavy atom. The molecule has 0 atom stereocenters. The van der Waals surface area contributed by atoms with Gasteiger partial charge in [0.15, 0.2) is 0 Å². The number of hydrogen-bond acceptors (Lipinski definition) is 3. The van der Waals surface area contributed by atoms with Crippen molar-refractivity contribution in [3.63, 3.8) is 0 Å². The number of fused-ring (bicyclic) bond motifs is 1. The van der Waals surface area contributed by atoms with E-state index in [2.05, 4.69) is 137 Å². The molecule has 0 spiro atoms. The van der Waals surface area contributed by atoms with Gasteiger partial charge in [-0.1, -0.05) is 78.9 Å². The Bertz CT molecular complexity index is 2540. The monoisotopic (exact) mass is 597 g/mol. The zero-order chi connectivity index (χ0) is 31.3. The van der Waals surface area contributed by atoms with Crippen molar-refractivity contribution in [2.75, 3.05) is 4.90 Å². The van der Waals surface area contributed by atoms with E-state index in [1.54, 1.807) is 0 Å². The van der Waals surface area contributed by atoms with Gasteiger partial charge in [-0.05, 0) is 128 Å². The molecule has 0 aliphatic carbocycles. The highest BCUT2D eigenvalue weighted by Gasteiger charge is 2.17. The van der Waals surface area contributed by atoms with Gasteiger partial charge in [-0.2, -0.15) is 5.26 Å². The van der Waals surface area contributed by atoms with E-state index in [1.807, 2.05) is 42.6 Å². The molecule has 0 saturated carbocycles. The van der Waals surface area contributed by atoms with Crippen molar-refractivity contribution < 1.29 is 0 Å². The van der Waals surface area contributed by atoms with Gasteiger partial charge in [-0.15, -0.1) is 0 Å². The Morgan fingerprint density at radius 2 is 1.04 bits per heavy atom. The first-order chi connectivity index (χ1) is 23.2. The van der Waals surface area contributed by atoms with Crippen molar-refractivity contribution in [3.8, 4) is 28.5 Å². The summed E-state index contributed by atoms with van der Waals surface area (Å²) >= 11 is 0. The van der Waals surface area contributed by atoms with Crippen molar-refractivity contribution in [2.24, 2.45) is 0 Å². The smallest absolute Gasteiger partial charge is 0.0991 e. The van der Waals surface area contributed by atoms with Gasteiger partial charge in [0.1, 0.15) is 0 Å². The summed E-state index contributed by atoms with van der Waals surface area (Å²) in [5, 5.41) is 19.3. The summed E-state index contributed by atoms with van der Waals surface area (Å²) in [5.74, 6) is 0. The molecule has 0 N–H and O–H groups in total. The maximum Gasteiger partial charge on any atom is 0.0991 e. The van der Waals surface area contributed by atoms with Gasteiger partial charge >= 0.3 is 0 Å². The first-order valence-corrected chi connectivity index (χ1v) is 15.8. The van der Waals surface area contributed by atoms with Gasteiger partial charge in [0.25, 0.3) is 0 Å². The third-order valence-corrected chi connectivity index (χ3v) is 9.22. The van der Waals surface area contributed by atoms with Crippen LogP contribution in [-0.2, 0) is 0 Å². The first kappa shape index (κ1) is 26.9. The molecule has 0 saturated heterocycles. The van der Waals surface area contributed by atoms with E-state index in [9.17, 15) is 5.26 Å². The van der Waals surface area contributed by atoms with Crippen LogP contribution >= 0.6 is 0 Å². The second kappa shape index (κ2) is 10.8. The lowest BCUT2D eigenvalue weighted by molar-refractivity contribution is 1.29. The van der Waals surface area contributed by atoms with E-state index in [1.165, 1.54) is 48.7 Å². The van der Waals surface area contributed by atoms with Crippen LogP contribution in [0.5, 0.6) is 0 Å². The van der Waals surface area contributed by atoms with Gasteiger partial charge in [0.05, 0.1) is 23.0 Å². The molecule has 0 aliphatic rings. The third kappa shape index (κ3) is 4.55. The fourth-order valence-electron chi connectivity index (χ4n) is 7.00. The lowest BCUT2D eigenvalue weighted by Crippen LogP contribution is -2.10. The number of hydrogen-bond donors (Lipinski definition) is 0. The number of nitrogens with zero attached hydrogens (tertiary/aromatic N) is 3. The van der Waals surface area contributed by atoms with Crippen LogP contribution in [0.15, 0.2) is 164 Å². The van der Waals surface area contributed by atoms with E-state index < -0.39 is 0 Å². The number of rotatable bonds is 5. The molecule has 8 aromatic carbocycles. The second-order valence-electron chi connectivity index (χ2n) is 12.0. The molecule has 0 amide bonds. The highest BCUT2D eigenvalue weighted by molar-refractivity contribution is 6.24. The topological polar surface area (TPSA) is 39.9 Å². The SMILES string of the molecule is N#Cc1ccc(N(c2ccc(-c3cc4ccc5cc(-c6ccccn6)cc6ccc(c3)c4c56)cc2)c2cccc3ccccc23)cc1. The molecule has 3 heteroatoms. The number of pyridine rings is 1. The van der Waals surface area contributed by atoms with Crippen LogP contribution < -0.4 is 4.90 Å². The first-order valence-electron chi connectivity index (χ1n) is 15.8. The summed E-state index contributed by atoms with van der Waals surface area (Å²) in [6.07, 6.45) is 1.85. The highest BCUT2D eigenvalue weighted by Crippen LogP contribution is 2.42. The van der Waals surface area contributed by atoms with Gasteiger partial charge in [0, 0.05) is 28.5 Å². The Balaban J connectivity index is 1.14. The molecular formula is C44H27N3. The Hall–Kier alpha value is -6.50. The molecule has 0 bridgehead atoms. The van der Waals surface area contributed by atoms with E-state index in [0.29, 0.717) is 5.56 Å². The molecule has 0 unspecified atom stereocenters. The summed E-state index contributed by atoms with van der Waals surface area (Å²) in [6.45, 7) is 0. The van der Waals surface area contributed by atoms with Crippen LogP contribution in [0.3, 0.4) is 0 Å². The summed E-state index contributed by atoms with van der Waals surface area (Å²) in [5.41, 5.74) is 8.26. The second-order valence-corrected chi connectivity index (χ2v) is 12.0. The van der Waals surface area contributed by atoms with Crippen LogP contribution in [0.2, 0.25) is 0 Å². The highest BCUT2D eigenvalue weighted by atomic mass is 15.1. The van der Waals surface area contributed by atoms with Crippen molar-refractivity contribution in [1.29, 1.82) is 5.26 Å². The molecule has 47 heavy (non-hydrogen) atoms. The number of anilines is 3. The van der Waals surface area contributed by atoms with Gasteiger partial charge < -0.3 is 4.90 Å². The number of nitriles is 1. The molecule has 3 nitrogen and oxygen atoms in total. The predicted molar refractivity (Wildman–Crippen MR) is 196 cm³/mol. The molecule has 9 rings (SSSR count). The fourth-order valence-corrected chi connectivity index (χ4v) is 7.00. The maximum atomic E-state index is 9.42. The lowest BCUT2D eigenvalue weighted by atomic mass is 9.90. The average Bonchev–Trinajstić information content (AvgIpc) is 3.14. The van der Waals surface area contributed by atoms with Crippen molar-refractivity contribution >= 4 is 60.2 Å². The average molecular weight is 598 g/mol. The third-order valence-electron chi connectivity index (χ3n) is 9.22. The summed E-state index contributed by atoms with van der Waals surface area (Å²) in [6, 6.07) is 57.9. The maximum absolute atomic E-state index is 9.42. The van der Waals surface area contributed by atoms with Crippen LogP contribution in [-0.4, -0.2) is 4.98 Å². The predicted octanol–water partition coefficient (Wildman–Crippen LogP) is 11.8. The minimum Gasteiger partial charge on any atom is -0.310 e. The normalized spacial score (nSPS) is 11.4. The standard InChI is InChI=1S/C44H27N3/c45-28-29-11-19-38(20-12-29)47(42-10-5-7-31-6-1-2-8-40(31)42)39-21-17-30(18-22-39)36-24-32-13-15-34-26-37(41-9-3-4-23-46-41)27-35-16-14-33(25-36)43(32)44(34)35/h1-27H. The van der Waals surface area contributed by atoms with Crippen LogP contribution in [0.1, 0.15) is 5.56 Å². The molecule has 1 heterocycles. The minimum atomic E-state index is 0.643. The molecule has 218 valence electrons. The van der Waals surface area contributed by atoms with E-state index in [-0.39, 0.29) is 0 Å². The van der Waals surface area contributed by atoms with Crippen molar-refractivity contribution in [2.45, 2.75) is 0 Å². The Labute approximate surface area is 272 Å². The van der Waals surface area contributed by atoms with E-state index in [4.69, 9.17) is 0 Å². The molecule has 0 radical (unpaired) electrons. The van der Waals surface area contributed by atoms with Gasteiger partial charge in [-0.3, -0.25) is 4.98 Å². The fraction of sp³-hybridized carbons (Fsp3) is 0. The lowest BCUT2D eigenvalue weighted by Gasteiger charge is -2.27. The zero-order valence-electron chi connectivity index (χ0n) is 25.4. The van der Waals surface area contributed by atoms with Crippen molar-refractivity contribution in [1.82, 2.24) is 4.98 Å². The largest absolute Gasteiger partial charge is 0.310 e.